The summed E-state index contributed by atoms with van der Waals surface area (Å²) in [5.41, 5.74) is 0.968. The van der Waals surface area contributed by atoms with E-state index in [0.717, 1.165) is 12.1 Å². The van der Waals surface area contributed by atoms with Gasteiger partial charge >= 0.3 is 5.97 Å². The van der Waals surface area contributed by atoms with Crippen LogP contribution in [-0.2, 0) is 20.9 Å². The number of nitrogens with zero attached hydrogens (tertiary/aromatic N) is 2. The van der Waals surface area contributed by atoms with Crippen LogP contribution in [0.15, 0.2) is 18.2 Å². The van der Waals surface area contributed by atoms with E-state index >= 15 is 0 Å². The number of halogens is 2. The Morgan fingerprint density at radius 1 is 1.42 bits per heavy atom. The summed E-state index contributed by atoms with van der Waals surface area (Å²) >= 11 is 12.1. The first-order valence-corrected chi connectivity index (χ1v) is 8.36. The second-order valence-corrected chi connectivity index (χ2v) is 6.60. The fourth-order valence-electron chi connectivity index (χ4n) is 2.64. The van der Waals surface area contributed by atoms with Gasteiger partial charge in [-0.1, -0.05) is 29.3 Å². The van der Waals surface area contributed by atoms with Gasteiger partial charge in [0.1, 0.15) is 6.54 Å². The molecular formula is C16H20Cl2N2O4. The van der Waals surface area contributed by atoms with Crippen LogP contribution in [0.4, 0.5) is 0 Å². The Bertz CT molecular complexity index is 612. The number of hydrogen-bond donors (Lipinski definition) is 1. The smallest absolute Gasteiger partial charge is 0.323 e. The van der Waals surface area contributed by atoms with Crippen molar-refractivity contribution < 1.29 is 19.4 Å². The highest BCUT2D eigenvalue weighted by atomic mass is 35.5. The number of carboxylic acid groups (broad SMARTS) is 1. The quantitative estimate of drug-likeness (QED) is 0.825. The molecule has 1 atom stereocenters. The molecule has 1 fully saturated rings. The molecule has 1 saturated heterocycles. The van der Waals surface area contributed by atoms with Crippen LogP contribution in [0.1, 0.15) is 12.5 Å². The van der Waals surface area contributed by atoms with Gasteiger partial charge in [0, 0.05) is 43.1 Å². The summed E-state index contributed by atoms with van der Waals surface area (Å²) in [6, 6.07) is 5.40. The highest BCUT2D eigenvalue weighted by Gasteiger charge is 2.25. The Hall–Kier alpha value is -1.34. The molecule has 1 heterocycles. The lowest BCUT2D eigenvalue weighted by Gasteiger charge is -2.35. The summed E-state index contributed by atoms with van der Waals surface area (Å²) in [7, 11) is 0. The van der Waals surface area contributed by atoms with E-state index in [9.17, 15) is 9.59 Å². The van der Waals surface area contributed by atoms with E-state index in [-0.39, 0.29) is 25.1 Å². The molecule has 0 aromatic heterocycles. The number of rotatable bonds is 6. The van der Waals surface area contributed by atoms with Crippen molar-refractivity contribution in [2.45, 2.75) is 19.6 Å². The molecule has 1 amide bonds. The van der Waals surface area contributed by atoms with E-state index in [4.69, 9.17) is 33.0 Å². The predicted octanol–water partition coefficient (Wildman–Crippen LogP) is 2.13. The minimum absolute atomic E-state index is 0.229. The Kier molecular flexibility index (Phi) is 6.86. The van der Waals surface area contributed by atoms with Crippen LogP contribution < -0.4 is 0 Å². The molecule has 0 aliphatic carbocycles. The zero-order valence-corrected chi connectivity index (χ0v) is 14.9. The van der Waals surface area contributed by atoms with E-state index in [1.165, 1.54) is 11.8 Å². The van der Waals surface area contributed by atoms with Crippen LogP contribution in [0, 0.1) is 0 Å². The lowest BCUT2D eigenvalue weighted by molar-refractivity contribution is -0.145. The summed E-state index contributed by atoms with van der Waals surface area (Å²) in [5, 5.41) is 10.1. The second kappa shape index (κ2) is 8.67. The van der Waals surface area contributed by atoms with Crippen molar-refractivity contribution in [1.29, 1.82) is 0 Å². The highest BCUT2D eigenvalue weighted by Crippen LogP contribution is 2.23. The molecule has 1 aromatic carbocycles. The molecule has 24 heavy (non-hydrogen) atoms. The third kappa shape index (κ3) is 5.63. The summed E-state index contributed by atoms with van der Waals surface area (Å²) < 4.78 is 5.67. The van der Waals surface area contributed by atoms with E-state index in [1.807, 2.05) is 6.07 Å². The molecule has 1 N–H and O–H groups in total. The van der Waals surface area contributed by atoms with Gasteiger partial charge in [-0.25, -0.2) is 0 Å². The molecule has 132 valence electrons. The van der Waals surface area contributed by atoms with Crippen molar-refractivity contribution >= 4 is 35.1 Å². The summed E-state index contributed by atoms with van der Waals surface area (Å²) in [4.78, 5) is 25.9. The van der Waals surface area contributed by atoms with Crippen molar-refractivity contribution in [2.75, 3.05) is 32.8 Å². The molecule has 0 spiro atoms. The van der Waals surface area contributed by atoms with Crippen molar-refractivity contribution in [3.05, 3.63) is 33.8 Å². The largest absolute Gasteiger partial charge is 0.480 e. The van der Waals surface area contributed by atoms with Crippen molar-refractivity contribution in [1.82, 2.24) is 9.80 Å². The molecule has 1 aromatic rings. The van der Waals surface area contributed by atoms with Crippen LogP contribution in [0.2, 0.25) is 10.0 Å². The molecule has 6 nitrogen and oxygen atoms in total. The number of amides is 1. The first kappa shape index (κ1) is 19.0. The maximum absolute atomic E-state index is 11.6. The molecule has 0 saturated carbocycles. The van der Waals surface area contributed by atoms with E-state index in [1.54, 1.807) is 12.1 Å². The first-order valence-electron chi connectivity index (χ1n) is 7.60. The molecule has 8 heteroatoms. The molecule has 0 bridgehead atoms. The van der Waals surface area contributed by atoms with Gasteiger partial charge in [0.15, 0.2) is 0 Å². The lowest BCUT2D eigenvalue weighted by atomic mass is 10.1. The van der Waals surface area contributed by atoms with Crippen molar-refractivity contribution in [3.63, 3.8) is 0 Å². The van der Waals surface area contributed by atoms with E-state index < -0.39 is 5.97 Å². The van der Waals surface area contributed by atoms with Gasteiger partial charge in [0.25, 0.3) is 0 Å². The zero-order chi connectivity index (χ0) is 17.7. The van der Waals surface area contributed by atoms with E-state index in [0.29, 0.717) is 29.7 Å². The summed E-state index contributed by atoms with van der Waals surface area (Å²) in [6.45, 7) is 3.81. The summed E-state index contributed by atoms with van der Waals surface area (Å²) in [5.74, 6) is -1.32. The van der Waals surface area contributed by atoms with E-state index in [2.05, 4.69) is 4.90 Å². The number of carbonyl (C=O) groups excluding carboxylic acids is 1. The number of carboxylic acids is 1. The number of ether oxygens (including phenoxy) is 1. The first-order chi connectivity index (χ1) is 11.3. The van der Waals surface area contributed by atoms with Gasteiger partial charge < -0.3 is 14.7 Å². The summed E-state index contributed by atoms with van der Waals surface area (Å²) in [6.07, 6.45) is -0.229. The van der Waals surface area contributed by atoms with Gasteiger partial charge in [-0.15, -0.1) is 0 Å². The highest BCUT2D eigenvalue weighted by molar-refractivity contribution is 6.35. The van der Waals surface area contributed by atoms with Crippen LogP contribution in [-0.4, -0.2) is 65.7 Å². The number of hydrogen-bond acceptors (Lipinski definition) is 4. The van der Waals surface area contributed by atoms with Crippen LogP contribution in [0.25, 0.3) is 0 Å². The minimum atomic E-state index is -1.04. The van der Waals surface area contributed by atoms with Crippen LogP contribution in [0.3, 0.4) is 0 Å². The fraction of sp³-hybridized carbons (Fsp3) is 0.500. The van der Waals surface area contributed by atoms with Gasteiger partial charge in [-0.2, -0.15) is 0 Å². The van der Waals surface area contributed by atoms with Gasteiger partial charge in [0.2, 0.25) is 5.91 Å². The topological polar surface area (TPSA) is 70.1 Å². The average molecular weight is 375 g/mol. The van der Waals surface area contributed by atoms with Crippen molar-refractivity contribution in [3.8, 4) is 0 Å². The Morgan fingerprint density at radius 2 is 2.17 bits per heavy atom. The Morgan fingerprint density at radius 3 is 2.79 bits per heavy atom. The third-order valence-corrected chi connectivity index (χ3v) is 4.41. The van der Waals surface area contributed by atoms with Crippen molar-refractivity contribution in [2.24, 2.45) is 0 Å². The predicted molar refractivity (Wildman–Crippen MR) is 91.4 cm³/mol. The third-order valence-electron chi connectivity index (χ3n) is 3.83. The number of carbonyl (C=O) groups is 2. The standard InChI is InChI=1S/C16H20Cl2N2O4/c1-11(21)20(10-16(22)23)9-14-8-19(4-5-24-14)7-12-2-3-13(17)6-15(12)18/h2-3,6,14H,4-5,7-10H2,1H3,(H,22,23). The number of morpholine rings is 1. The van der Waals surface area contributed by atoms with Gasteiger partial charge in [-0.05, 0) is 17.7 Å². The van der Waals surface area contributed by atoms with Crippen LogP contribution >= 0.6 is 23.2 Å². The number of benzene rings is 1. The normalized spacial score (nSPS) is 18.4. The molecule has 2 rings (SSSR count). The molecule has 1 aliphatic rings. The van der Waals surface area contributed by atoms with Gasteiger partial charge in [0.05, 0.1) is 12.7 Å². The SMILES string of the molecule is CC(=O)N(CC(=O)O)CC1CN(Cc2ccc(Cl)cc2Cl)CCO1. The number of aliphatic carboxylic acids is 1. The Labute approximate surface area is 150 Å². The minimum Gasteiger partial charge on any atom is -0.480 e. The second-order valence-electron chi connectivity index (χ2n) is 5.76. The van der Waals surface area contributed by atoms with Crippen LogP contribution in [0.5, 0.6) is 0 Å². The lowest BCUT2D eigenvalue weighted by Crippen LogP contribution is -2.49. The molecule has 1 aliphatic heterocycles. The monoisotopic (exact) mass is 374 g/mol. The average Bonchev–Trinajstić information content (AvgIpc) is 2.49. The maximum atomic E-state index is 11.6. The molecule has 0 radical (unpaired) electrons. The Balaban J connectivity index is 1.95. The van der Waals surface area contributed by atoms with Gasteiger partial charge in [-0.3, -0.25) is 14.5 Å². The molecular weight excluding hydrogens is 355 g/mol. The fourth-order valence-corrected chi connectivity index (χ4v) is 3.11. The zero-order valence-electron chi connectivity index (χ0n) is 13.4. The maximum Gasteiger partial charge on any atom is 0.323 e. The molecule has 1 unspecified atom stereocenters.